The maximum Gasteiger partial charge on any atom is 0.460 e. The van der Waals surface area contributed by atoms with Crippen molar-refractivity contribution in [2.75, 3.05) is 0 Å². The molecule has 0 aliphatic rings. The molecule has 0 aliphatic carbocycles. The summed E-state index contributed by atoms with van der Waals surface area (Å²) in [6.07, 6.45) is -8.34. The zero-order chi connectivity index (χ0) is 42.0. The molecule has 0 bridgehead atoms. The quantitative estimate of drug-likeness (QED) is 0.112. The van der Waals surface area contributed by atoms with Crippen molar-refractivity contribution in [3.05, 3.63) is 34.6 Å². The topological polar surface area (TPSA) is 0 Å². The van der Waals surface area contributed by atoms with Gasteiger partial charge in [0.05, 0.1) is 0 Å². The van der Waals surface area contributed by atoms with E-state index in [-0.39, 0.29) is 0 Å². The molecule has 51 heavy (non-hydrogen) atoms. The highest BCUT2D eigenvalue weighted by atomic mass is 19.4. The Kier molecular flexibility index (Phi) is 10.4. The molecule has 0 saturated carbocycles. The lowest BCUT2D eigenvalue weighted by molar-refractivity contribution is -0.485. The second-order valence-corrected chi connectivity index (χ2v) is 9.34. The number of halogens is 32. The minimum Gasteiger partial charge on any atom is -0.203 e. The van der Waals surface area contributed by atoms with Gasteiger partial charge in [-0.1, -0.05) is 0 Å². The van der Waals surface area contributed by atoms with Crippen LogP contribution in [0, 0.1) is 29.1 Å². The number of rotatable bonds is 12. The molecule has 32 heteroatoms. The Bertz CT molecular complexity index is 1460. The fourth-order valence-corrected chi connectivity index (χ4v) is 3.19. The Hall–Kier alpha value is -3.02. The predicted octanol–water partition coefficient (Wildman–Crippen LogP) is 11.0. The molecule has 0 radical (unpaired) electrons. The van der Waals surface area contributed by atoms with Gasteiger partial charge < -0.3 is 0 Å². The molecular formula is C19F32. The molecule has 300 valence electrons. The van der Waals surface area contributed by atoms with Crippen LogP contribution in [-0.4, -0.2) is 71.3 Å². The first-order valence-corrected chi connectivity index (χ1v) is 10.8. The third kappa shape index (κ3) is 5.22. The summed E-state index contributed by atoms with van der Waals surface area (Å²) in [6.45, 7) is 0. The van der Waals surface area contributed by atoms with E-state index in [0.717, 1.165) is 0 Å². The van der Waals surface area contributed by atoms with Crippen LogP contribution in [-0.2, 0) is 5.92 Å². The van der Waals surface area contributed by atoms with Gasteiger partial charge in [0.15, 0.2) is 23.3 Å². The molecule has 0 nitrogen and oxygen atoms in total. The highest BCUT2D eigenvalue weighted by Crippen LogP contribution is 2.69. The molecular weight excluding hydrogens is 836 g/mol. The highest BCUT2D eigenvalue weighted by Gasteiger charge is 3.00. The van der Waals surface area contributed by atoms with E-state index in [1.54, 1.807) is 0 Å². The minimum absolute atomic E-state index is 3.68. The molecule has 0 amide bonds. The van der Waals surface area contributed by atoms with Crippen LogP contribution in [0.2, 0.25) is 0 Å². The van der Waals surface area contributed by atoms with Crippen molar-refractivity contribution < 1.29 is 140 Å². The van der Waals surface area contributed by atoms with Crippen molar-refractivity contribution in [2.24, 2.45) is 0 Å². The molecule has 1 aromatic carbocycles. The van der Waals surface area contributed by atoms with Gasteiger partial charge in [0, 0.05) is 0 Å². The van der Waals surface area contributed by atoms with E-state index in [4.69, 9.17) is 0 Å². The molecule has 0 fully saturated rings. The SMILES string of the molecule is Fc1c(F)c(F)c(C(F)(F)C(F)(F)C(F)(F)C(F)(F)C(F)(F)C(F)(F)C(F)(F)C(F)(F)C(F)(F)C(F)(F)C(F)(F)C(F)(F)C(F)(F)F)c(F)c1F. The Labute approximate surface area is 253 Å². The average molecular weight is 836 g/mol. The van der Waals surface area contributed by atoms with E-state index in [1.165, 1.54) is 0 Å². The summed E-state index contributed by atoms with van der Waals surface area (Å²) in [5, 5.41) is 0. The molecule has 0 N–H and O–H groups in total. The number of hydrogen-bond donors (Lipinski definition) is 0. The summed E-state index contributed by atoms with van der Waals surface area (Å²) < 4.78 is 431. The summed E-state index contributed by atoms with van der Waals surface area (Å²) in [4.78, 5) is 0. The van der Waals surface area contributed by atoms with Gasteiger partial charge in [0.2, 0.25) is 5.82 Å². The minimum atomic E-state index is -10.0. The third-order valence-corrected chi connectivity index (χ3v) is 6.22. The van der Waals surface area contributed by atoms with Crippen molar-refractivity contribution in [1.82, 2.24) is 0 Å². The molecule has 0 aromatic heterocycles. The van der Waals surface area contributed by atoms with Gasteiger partial charge in [0.25, 0.3) is 0 Å². The van der Waals surface area contributed by atoms with Crippen LogP contribution >= 0.6 is 0 Å². The Morgan fingerprint density at radius 3 is 0.549 bits per heavy atom. The molecule has 0 aliphatic heterocycles. The van der Waals surface area contributed by atoms with E-state index < -0.39 is 112 Å². The summed E-state index contributed by atoms with van der Waals surface area (Å²) in [7, 11) is 0. The molecule has 1 aromatic rings. The van der Waals surface area contributed by atoms with E-state index >= 15 is 0 Å². The van der Waals surface area contributed by atoms with Gasteiger partial charge in [-0.3, -0.25) is 0 Å². The lowest BCUT2D eigenvalue weighted by Crippen LogP contribution is -2.78. The summed E-state index contributed by atoms with van der Waals surface area (Å²) >= 11 is 0. The van der Waals surface area contributed by atoms with Gasteiger partial charge in [0.1, 0.15) is 5.56 Å². The van der Waals surface area contributed by atoms with Crippen LogP contribution in [0.15, 0.2) is 0 Å². The van der Waals surface area contributed by atoms with E-state index in [2.05, 4.69) is 0 Å². The van der Waals surface area contributed by atoms with Gasteiger partial charge in [-0.2, -0.15) is 119 Å². The van der Waals surface area contributed by atoms with Crippen molar-refractivity contribution in [3.63, 3.8) is 0 Å². The fraction of sp³-hybridized carbons (Fsp3) is 0.684. The maximum absolute atomic E-state index is 14.1. The molecule has 0 atom stereocenters. The van der Waals surface area contributed by atoms with Crippen LogP contribution in [0.25, 0.3) is 0 Å². The van der Waals surface area contributed by atoms with Crippen molar-refractivity contribution in [3.8, 4) is 0 Å². The van der Waals surface area contributed by atoms with Gasteiger partial charge in [-0.15, -0.1) is 0 Å². The lowest BCUT2D eigenvalue weighted by Gasteiger charge is -2.46. The van der Waals surface area contributed by atoms with Gasteiger partial charge >= 0.3 is 77.2 Å². The smallest absolute Gasteiger partial charge is 0.203 e. The predicted molar refractivity (Wildman–Crippen MR) is 90.6 cm³/mol. The van der Waals surface area contributed by atoms with Crippen molar-refractivity contribution in [1.29, 1.82) is 0 Å². The maximum atomic E-state index is 14.1. The first-order valence-electron chi connectivity index (χ1n) is 10.8. The monoisotopic (exact) mass is 836 g/mol. The van der Waals surface area contributed by atoms with Crippen LogP contribution in [0.3, 0.4) is 0 Å². The zero-order valence-electron chi connectivity index (χ0n) is 21.6. The first kappa shape index (κ1) is 46.0. The van der Waals surface area contributed by atoms with Crippen LogP contribution in [0.5, 0.6) is 0 Å². The van der Waals surface area contributed by atoms with E-state index in [1.807, 2.05) is 0 Å². The average Bonchev–Trinajstić information content (AvgIpc) is 2.93. The number of hydrogen-bond acceptors (Lipinski definition) is 0. The zero-order valence-corrected chi connectivity index (χ0v) is 21.6. The van der Waals surface area contributed by atoms with Crippen LogP contribution in [0.1, 0.15) is 5.56 Å². The molecule has 1 rings (SSSR count). The second kappa shape index (κ2) is 11.5. The summed E-state index contributed by atoms with van der Waals surface area (Å²) in [5.41, 5.74) is -4.76. The standard InChI is InChI=1S/C19F32/c20-2-1(3(21)5(23)6(24)4(2)22)7(25,26)8(27,28)9(29,30)10(31,32)11(33,34)12(35,36)13(37,38)14(39,40)15(41,42)16(43,44)17(45,46)18(47,48)19(49,50)51. The highest BCUT2D eigenvalue weighted by molar-refractivity contribution is 5.32. The Morgan fingerprint density at radius 2 is 0.353 bits per heavy atom. The summed E-state index contributed by atoms with van der Waals surface area (Å²) in [6, 6.07) is 0. The molecule has 0 spiro atoms. The van der Waals surface area contributed by atoms with E-state index in [0.29, 0.717) is 0 Å². The van der Waals surface area contributed by atoms with Crippen LogP contribution < -0.4 is 0 Å². The largest absolute Gasteiger partial charge is 0.460 e. The normalized spacial score (nSPS) is 16.2. The van der Waals surface area contributed by atoms with Crippen molar-refractivity contribution in [2.45, 2.75) is 77.2 Å². The second-order valence-electron chi connectivity index (χ2n) is 9.34. The lowest BCUT2D eigenvalue weighted by atomic mass is 9.83. The third-order valence-electron chi connectivity index (χ3n) is 6.22. The van der Waals surface area contributed by atoms with Gasteiger partial charge in [-0.05, 0) is 0 Å². The Morgan fingerprint density at radius 1 is 0.196 bits per heavy atom. The molecule has 0 heterocycles. The van der Waals surface area contributed by atoms with Crippen LogP contribution in [0.4, 0.5) is 140 Å². The van der Waals surface area contributed by atoms with Gasteiger partial charge in [-0.25, -0.2) is 22.0 Å². The van der Waals surface area contributed by atoms with Crippen molar-refractivity contribution >= 4 is 0 Å². The Balaban J connectivity index is 4.09. The molecule has 0 saturated heterocycles. The number of alkyl halides is 27. The first-order chi connectivity index (χ1) is 21.7. The summed E-state index contributed by atoms with van der Waals surface area (Å²) in [5.74, 6) is -135. The van der Waals surface area contributed by atoms with E-state index in [9.17, 15) is 140 Å². The number of benzene rings is 1. The fourth-order valence-electron chi connectivity index (χ4n) is 3.19. The molecule has 0 unspecified atom stereocenters.